The lowest BCUT2D eigenvalue weighted by molar-refractivity contribution is -0.143. The van der Waals surface area contributed by atoms with Crippen molar-refractivity contribution in [3.8, 4) is 0 Å². The normalized spacial score (nSPS) is 20.3. The molecule has 4 nitrogen and oxygen atoms in total. The lowest BCUT2D eigenvalue weighted by atomic mass is 10.0. The first-order valence-corrected chi connectivity index (χ1v) is 6.99. The summed E-state index contributed by atoms with van der Waals surface area (Å²) in [4.78, 5) is 25.4. The van der Waals surface area contributed by atoms with E-state index in [0.29, 0.717) is 17.8 Å². The van der Waals surface area contributed by atoms with Crippen LogP contribution in [0.5, 0.6) is 0 Å². The van der Waals surface area contributed by atoms with E-state index in [1.54, 1.807) is 12.1 Å². The van der Waals surface area contributed by atoms with Crippen LogP contribution in [0.3, 0.4) is 0 Å². The topological polar surface area (TPSA) is 57.6 Å². The standard InChI is InChI=1S/C11H12BrNO3S/c12-9-5-4-8(17-9)10(14)13-6-2-1-3-7(13)11(15)16/h4-5,7H,1-3,6H2,(H,15,16)/t7-/m1/s1. The second kappa shape index (κ2) is 5.18. The number of nitrogens with zero attached hydrogens (tertiary/aromatic N) is 1. The highest BCUT2D eigenvalue weighted by molar-refractivity contribution is 9.11. The van der Waals surface area contributed by atoms with Crippen LogP contribution >= 0.6 is 27.3 Å². The number of carboxylic acid groups (broad SMARTS) is 1. The van der Waals surface area contributed by atoms with Crippen molar-refractivity contribution in [1.29, 1.82) is 0 Å². The fourth-order valence-corrected chi connectivity index (χ4v) is 3.34. The van der Waals surface area contributed by atoms with Gasteiger partial charge in [0.25, 0.3) is 5.91 Å². The maximum absolute atomic E-state index is 12.2. The molecule has 6 heteroatoms. The van der Waals surface area contributed by atoms with Gasteiger partial charge in [-0.2, -0.15) is 0 Å². The summed E-state index contributed by atoms with van der Waals surface area (Å²) >= 11 is 4.64. The zero-order chi connectivity index (χ0) is 12.4. The number of aliphatic carboxylic acids is 1. The Labute approximate surface area is 111 Å². The van der Waals surface area contributed by atoms with E-state index in [4.69, 9.17) is 5.11 Å². The van der Waals surface area contributed by atoms with Crippen LogP contribution in [0.1, 0.15) is 28.9 Å². The number of thiophene rings is 1. The average Bonchev–Trinajstić information content (AvgIpc) is 2.75. The molecule has 1 aromatic heterocycles. The van der Waals surface area contributed by atoms with Gasteiger partial charge in [0.05, 0.1) is 8.66 Å². The molecule has 17 heavy (non-hydrogen) atoms. The number of hydrogen-bond acceptors (Lipinski definition) is 3. The average molecular weight is 318 g/mol. The molecule has 1 amide bonds. The smallest absolute Gasteiger partial charge is 0.326 e. The van der Waals surface area contributed by atoms with E-state index < -0.39 is 12.0 Å². The van der Waals surface area contributed by atoms with Crippen LogP contribution in [0.2, 0.25) is 0 Å². The summed E-state index contributed by atoms with van der Waals surface area (Å²) in [7, 11) is 0. The number of carboxylic acids is 1. The van der Waals surface area contributed by atoms with E-state index in [1.807, 2.05) is 0 Å². The summed E-state index contributed by atoms with van der Waals surface area (Å²) in [6.07, 6.45) is 2.30. The molecule has 0 radical (unpaired) electrons. The maximum Gasteiger partial charge on any atom is 0.326 e. The molecule has 0 unspecified atom stereocenters. The third-order valence-corrected chi connectivity index (χ3v) is 4.44. The fraction of sp³-hybridized carbons (Fsp3) is 0.455. The second-order valence-electron chi connectivity index (χ2n) is 3.95. The van der Waals surface area contributed by atoms with Crippen LogP contribution in [-0.2, 0) is 4.79 Å². The van der Waals surface area contributed by atoms with Crippen molar-refractivity contribution >= 4 is 39.1 Å². The Kier molecular flexibility index (Phi) is 3.83. The minimum atomic E-state index is -0.909. The molecule has 92 valence electrons. The van der Waals surface area contributed by atoms with Crippen LogP contribution in [0.15, 0.2) is 15.9 Å². The molecular weight excluding hydrogens is 306 g/mol. The van der Waals surface area contributed by atoms with Gasteiger partial charge in [0.15, 0.2) is 0 Å². The monoisotopic (exact) mass is 317 g/mol. The van der Waals surface area contributed by atoms with Gasteiger partial charge in [0.2, 0.25) is 0 Å². The van der Waals surface area contributed by atoms with Crippen molar-refractivity contribution in [2.45, 2.75) is 25.3 Å². The third-order valence-electron chi connectivity index (χ3n) is 2.83. The van der Waals surface area contributed by atoms with Crippen molar-refractivity contribution in [3.05, 3.63) is 20.8 Å². The van der Waals surface area contributed by atoms with Crippen LogP contribution < -0.4 is 0 Å². The summed E-state index contributed by atoms with van der Waals surface area (Å²) in [5, 5.41) is 9.11. The predicted octanol–water partition coefficient (Wildman–Crippen LogP) is 2.59. The molecule has 1 atom stereocenters. The Morgan fingerprint density at radius 2 is 2.18 bits per heavy atom. The molecule has 1 saturated heterocycles. The minimum absolute atomic E-state index is 0.173. The highest BCUT2D eigenvalue weighted by Crippen LogP contribution is 2.26. The highest BCUT2D eigenvalue weighted by atomic mass is 79.9. The number of carbonyl (C=O) groups excluding carboxylic acids is 1. The minimum Gasteiger partial charge on any atom is -0.480 e. The summed E-state index contributed by atoms with van der Waals surface area (Å²) in [6, 6.07) is 2.86. The van der Waals surface area contributed by atoms with Crippen molar-refractivity contribution < 1.29 is 14.7 Å². The SMILES string of the molecule is O=C(O)[C@H]1CCCCN1C(=O)c1ccc(Br)s1. The largest absolute Gasteiger partial charge is 0.480 e. The Morgan fingerprint density at radius 3 is 2.76 bits per heavy atom. The van der Waals surface area contributed by atoms with Crippen molar-refractivity contribution in [2.75, 3.05) is 6.54 Å². The number of hydrogen-bond donors (Lipinski definition) is 1. The van der Waals surface area contributed by atoms with E-state index in [0.717, 1.165) is 16.6 Å². The van der Waals surface area contributed by atoms with Gasteiger partial charge in [-0.1, -0.05) is 0 Å². The van der Waals surface area contributed by atoms with Gasteiger partial charge in [0, 0.05) is 6.54 Å². The van der Waals surface area contributed by atoms with E-state index in [9.17, 15) is 9.59 Å². The van der Waals surface area contributed by atoms with E-state index in [-0.39, 0.29) is 5.91 Å². The number of piperidine rings is 1. The van der Waals surface area contributed by atoms with Crippen molar-refractivity contribution in [3.63, 3.8) is 0 Å². The lowest BCUT2D eigenvalue weighted by Crippen LogP contribution is -2.47. The number of carbonyl (C=O) groups is 2. The van der Waals surface area contributed by atoms with E-state index in [2.05, 4.69) is 15.9 Å². The molecule has 0 spiro atoms. The zero-order valence-electron chi connectivity index (χ0n) is 9.06. The molecule has 1 fully saturated rings. The van der Waals surface area contributed by atoms with Crippen molar-refractivity contribution in [2.24, 2.45) is 0 Å². The van der Waals surface area contributed by atoms with Crippen LogP contribution in [0.25, 0.3) is 0 Å². The fourth-order valence-electron chi connectivity index (χ4n) is 2.00. The predicted molar refractivity (Wildman–Crippen MR) is 68.3 cm³/mol. The second-order valence-corrected chi connectivity index (χ2v) is 6.42. The molecule has 1 aliphatic rings. The molecule has 1 aromatic rings. The summed E-state index contributed by atoms with van der Waals surface area (Å²) in [5.74, 6) is -1.08. The molecule has 1 aliphatic heterocycles. The Bertz CT molecular complexity index is 446. The first-order valence-electron chi connectivity index (χ1n) is 5.38. The van der Waals surface area contributed by atoms with Gasteiger partial charge >= 0.3 is 5.97 Å². The van der Waals surface area contributed by atoms with Gasteiger partial charge in [-0.05, 0) is 47.3 Å². The molecule has 0 aromatic carbocycles. The van der Waals surface area contributed by atoms with Gasteiger partial charge < -0.3 is 10.0 Å². The molecule has 2 rings (SSSR count). The number of amides is 1. The van der Waals surface area contributed by atoms with Gasteiger partial charge in [0.1, 0.15) is 6.04 Å². The van der Waals surface area contributed by atoms with E-state index in [1.165, 1.54) is 16.2 Å². The summed E-state index contributed by atoms with van der Waals surface area (Å²) < 4.78 is 0.879. The molecule has 0 aliphatic carbocycles. The molecule has 1 N–H and O–H groups in total. The summed E-state index contributed by atoms with van der Waals surface area (Å²) in [5.41, 5.74) is 0. The number of likely N-dealkylation sites (tertiary alicyclic amines) is 1. The Morgan fingerprint density at radius 1 is 1.41 bits per heavy atom. The number of rotatable bonds is 2. The van der Waals surface area contributed by atoms with Crippen molar-refractivity contribution in [1.82, 2.24) is 4.90 Å². The maximum atomic E-state index is 12.2. The zero-order valence-corrected chi connectivity index (χ0v) is 11.5. The molecule has 0 saturated carbocycles. The van der Waals surface area contributed by atoms with Crippen LogP contribution in [-0.4, -0.2) is 34.5 Å². The number of halogens is 1. The molecule has 2 heterocycles. The summed E-state index contributed by atoms with van der Waals surface area (Å²) in [6.45, 7) is 0.533. The Balaban J connectivity index is 2.19. The first kappa shape index (κ1) is 12.6. The van der Waals surface area contributed by atoms with E-state index >= 15 is 0 Å². The third kappa shape index (κ3) is 2.69. The van der Waals surface area contributed by atoms with Gasteiger partial charge in [-0.3, -0.25) is 4.79 Å². The highest BCUT2D eigenvalue weighted by Gasteiger charge is 2.32. The van der Waals surface area contributed by atoms with Gasteiger partial charge in [-0.15, -0.1) is 11.3 Å². The quantitative estimate of drug-likeness (QED) is 0.912. The van der Waals surface area contributed by atoms with Gasteiger partial charge in [-0.25, -0.2) is 4.79 Å². The van der Waals surface area contributed by atoms with Crippen LogP contribution in [0.4, 0.5) is 0 Å². The van der Waals surface area contributed by atoms with Crippen LogP contribution in [0, 0.1) is 0 Å². The molecular formula is C11H12BrNO3S. The lowest BCUT2D eigenvalue weighted by Gasteiger charge is -2.32. The Hall–Kier alpha value is -0.880. The molecule has 0 bridgehead atoms. The first-order chi connectivity index (χ1) is 8.09.